The van der Waals surface area contributed by atoms with Gasteiger partial charge in [-0.15, -0.1) is 0 Å². The summed E-state index contributed by atoms with van der Waals surface area (Å²) in [6, 6.07) is 10.7. The zero-order valence-corrected chi connectivity index (χ0v) is 11.6. The Kier molecular flexibility index (Phi) is 5.06. The van der Waals surface area contributed by atoms with Crippen molar-refractivity contribution >= 4 is 0 Å². The lowest BCUT2D eigenvalue weighted by atomic mass is 9.79. The van der Waals surface area contributed by atoms with Crippen LogP contribution >= 0.6 is 0 Å². The molecule has 100 valence electrons. The third-order valence-corrected chi connectivity index (χ3v) is 4.15. The van der Waals surface area contributed by atoms with Crippen LogP contribution in [0.15, 0.2) is 30.3 Å². The molecule has 0 aliphatic heterocycles. The fourth-order valence-electron chi connectivity index (χ4n) is 2.68. The zero-order chi connectivity index (χ0) is 12.8. The lowest BCUT2D eigenvalue weighted by Gasteiger charge is -2.32. The van der Waals surface area contributed by atoms with E-state index in [1.807, 2.05) is 30.3 Å². The summed E-state index contributed by atoms with van der Waals surface area (Å²) < 4.78 is 5.68. The summed E-state index contributed by atoms with van der Waals surface area (Å²) in [5.74, 6) is 2.71. The van der Waals surface area contributed by atoms with Crippen molar-refractivity contribution in [2.24, 2.45) is 11.8 Å². The van der Waals surface area contributed by atoms with Gasteiger partial charge >= 0.3 is 0 Å². The van der Waals surface area contributed by atoms with Crippen molar-refractivity contribution in [2.75, 3.05) is 13.2 Å². The lowest BCUT2D eigenvalue weighted by molar-refractivity contribution is 0.216. The normalized spacial score (nSPS) is 28.0. The maximum atomic E-state index is 5.68. The van der Waals surface area contributed by atoms with Crippen LogP contribution in [-0.4, -0.2) is 19.2 Å². The average Bonchev–Trinajstić information content (AvgIpc) is 2.40. The maximum Gasteiger partial charge on any atom is 0.119 e. The summed E-state index contributed by atoms with van der Waals surface area (Å²) in [4.78, 5) is 0. The molecule has 1 aromatic carbocycles. The summed E-state index contributed by atoms with van der Waals surface area (Å²) in [6.07, 6.45) is 3.99. The van der Waals surface area contributed by atoms with Gasteiger partial charge in [-0.05, 0) is 43.2 Å². The van der Waals surface area contributed by atoms with Crippen molar-refractivity contribution in [3.63, 3.8) is 0 Å². The zero-order valence-electron chi connectivity index (χ0n) is 11.6. The number of benzene rings is 1. The third kappa shape index (κ3) is 4.02. The molecule has 18 heavy (non-hydrogen) atoms. The highest BCUT2D eigenvalue weighted by Gasteiger charge is 2.23. The Bertz CT molecular complexity index is 338. The van der Waals surface area contributed by atoms with E-state index in [0.717, 1.165) is 30.7 Å². The first-order valence-electron chi connectivity index (χ1n) is 7.17. The molecule has 0 amide bonds. The van der Waals surface area contributed by atoms with Crippen molar-refractivity contribution in [3.05, 3.63) is 30.3 Å². The van der Waals surface area contributed by atoms with Gasteiger partial charge in [-0.2, -0.15) is 0 Å². The van der Waals surface area contributed by atoms with Gasteiger partial charge in [-0.3, -0.25) is 0 Å². The summed E-state index contributed by atoms with van der Waals surface area (Å²) in [5.41, 5.74) is 0. The standard InChI is InChI=1S/C16H25NO/c1-13-8-9-15(12-14(13)2)17-10-11-18-16-6-4-3-5-7-16/h3-7,13-15,17H,8-12H2,1-2H3. The van der Waals surface area contributed by atoms with Crippen molar-refractivity contribution < 1.29 is 4.74 Å². The molecule has 2 heteroatoms. The van der Waals surface area contributed by atoms with Crippen LogP contribution in [0, 0.1) is 11.8 Å². The number of hydrogen-bond acceptors (Lipinski definition) is 2. The number of ether oxygens (including phenoxy) is 1. The molecule has 0 saturated heterocycles. The number of nitrogens with one attached hydrogen (secondary N) is 1. The second-order valence-electron chi connectivity index (χ2n) is 5.58. The van der Waals surface area contributed by atoms with Gasteiger partial charge in [0, 0.05) is 12.6 Å². The summed E-state index contributed by atoms with van der Waals surface area (Å²) in [7, 11) is 0. The molecule has 1 N–H and O–H groups in total. The Morgan fingerprint density at radius 1 is 1.11 bits per heavy atom. The molecular weight excluding hydrogens is 222 g/mol. The van der Waals surface area contributed by atoms with Crippen LogP contribution in [0.1, 0.15) is 33.1 Å². The van der Waals surface area contributed by atoms with Crippen LogP contribution in [-0.2, 0) is 0 Å². The van der Waals surface area contributed by atoms with Crippen LogP contribution in [0.25, 0.3) is 0 Å². The van der Waals surface area contributed by atoms with Crippen molar-refractivity contribution in [2.45, 2.75) is 39.2 Å². The third-order valence-electron chi connectivity index (χ3n) is 4.15. The predicted octanol–water partition coefficient (Wildman–Crippen LogP) is 3.48. The van der Waals surface area contributed by atoms with Gasteiger partial charge in [0.15, 0.2) is 0 Å². The highest BCUT2D eigenvalue weighted by Crippen LogP contribution is 2.29. The van der Waals surface area contributed by atoms with Gasteiger partial charge in [-0.1, -0.05) is 32.0 Å². The summed E-state index contributed by atoms with van der Waals surface area (Å²) in [6.45, 7) is 6.45. The van der Waals surface area contributed by atoms with E-state index in [1.54, 1.807) is 0 Å². The van der Waals surface area contributed by atoms with Crippen LogP contribution < -0.4 is 10.1 Å². The molecule has 1 saturated carbocycles. The monoisotopic (exact) mass is 247 g/mol. The van der Waals surface area contributed by atoms with Gasteiger partial charge in [0.1, 0.15) is 12.4 Å². The van der Waals surface area contributed by atoms with Crippen LogP contribution in [0.2, 0.25) is 0 Å². The molecule has 2 nitrogen and oxygen atoms in total. The van der Waals surface area contributed by atoms with E-state index in [0.29, 0.717) is 6.04 Å². The van der Waals surface area contributed by atoms with Crippen molar-refractivity contribution in [1.82, 2.24) is 5.32 Å². The fourth-order valence-corrected chi connectivity index (χ4v) is 2.68. The Morgan fingerprint density at radius 3 is 2.61 bits per heavy atom. The Morgan fingerprint density at radius 2 is 1.89 bits per heavy atom. The lowest BCUT2D eigenvalue weighted by Crippen LogP contribution is -2.38. The molecule has 1 fully saturated rings. The quantitative estimate of drug-likeness (QED) is 0.804. The van der Waals surface area contributed by atoms with E-state index in [9.17, 15) is 0 Å². The van der Waals surface area contributed by atoms with E-state index in [1.165, 1.54) is 19.3 Å². The minimum Gasteiger partial charge on any atom is -0.492 e. The molecule has 0 aromatic heterocycles. The molecule has 1 aliphatic rings. The highest BCUT2D eigenvalue weighted by atomic mass is 16.5. The predicted molar refractivity (Wildman–Crippen MR) is 75.9 cm³/mol. The van der Waals surface area contributed by atoms with Crippen molar-refractivity contribution in [1.29, 1.82) is 0 Å². The molecule has 3 atom stereocenters. The van der Waals surface area contributed by atoms with Gasteiger partial charge < -0.3 is 10.1 Å². The molecule has 0 heterocycles. The number of para-hydroxylation sites is 1. The molecular formula is C16H25NO. The Hall–Kier alpha value is -1.02. The van der Waals surface area contributed by atoms with E-state index in [4.69, 9.17) is 4.74 Å². The van der Waals surface area contributed by atoms with Crippen LogP contribution in [0.4, 0.5) is 0 Å². The minimum absolute atomic E-state index is 0.690. The van der Waals surface area contributed by atoms with Crippen LogP contribution in [0.3, 0.4) is 0 Å². The smallest absolute Gasteiger partial charge is 0.119 e. The topological polar surface area (TPSA) is 21.3 Å². The van der Waals surface area contributed by atoms with Crippen molar-refractivity contribution in [3.8, 4) is 5.75 Å². The molecule has 0 spiro atoms. The van der Waals surface area contributed by atoms with E-state index >= 15 is 0 Å². The maximum absolute atomic E-state index is 5.68. The first-order chi connectivity index (χ1) is 8.75. The highest BCUT2D eigenvalue weighted by molar-refractivity contribution is 5.20. The number of hydrogen-bond donors (Lipinski definition) is 1. The SMILES string of the molecule is CC1CCC(NCCOc2ccccc2)CC1C. The van der Waals surface area contributed by atoms with Gasteiger partial charge in [-0.25, -0.2) is 0 Å². The molecule has 0 bridgehead atoms. The Labute approximate surface area is 111 Å². The molecule has 2 rings (SSSR count). The first-order valence-corrected chi connectivity index (χ1v) is 7.17. The van der Waals surface area contributed by atoms with Gasteiger partial charge in [0.25, 0.3) is 0 Å². The molecule has 1 aliphatic carbocycles. The van der Waals surface area contributed by atoms with Crippen LogP contribution in [0.5, 0.6) is 5.75 Å². The van der Waals surface area contributed by atoms with Gasteiger partial charge in [0.2, 0.25) is 0 Å². The Balaban J connectivity index is 1.61. The fraction of sp³-hybridized carbons (Fsp3) is 0.625. The second-order valence-corrected chi connectivity index (χ2v) is 5.58. The van der Waals surface area contributed by atoms with E-state index in [-0.39, 0.29) is 0 Å². The first kappa shape index (κ1) is 13.4. The molecule has 1 aromatic rings. The summed E-state index contributed by atoms with van der Waals surface area (Å²) in [5, 5.41) is 3.62. The number of rotatable bonds is 5. The molecule has 0 radical (unpaired) electrons. The minimum atomic E-state index is 0.690. The average molecular weight is 247 g/mol. The van der Waals surface area contributed by atoms with E-state index in [2.05, 4.69) is 19.2 Å². The largest absolute Gasteiger partial charge is 0.492 e. The van der Waals surface area contributed by atoms with Gasteiger partial charge in [0.05, 0.1) is 0 Å². The molecule has 3 unspecified atom stereocenters. The summed E-state index contributed by atoms with van der Waals surface area (Å²) >= 11 is 0. The second kappa shape index (κ2) is 6.79. The van der Waals surface area contributed by atoms with E-state index < -0.39 is 0 Å².